The monoisotopic (exact) mass is 604 g/mol. The Balaban J connectivity index is 1.17. The number of anilines is 1. The number of rotatable bonds is 5. The molecule has 0 amide bonds. The molecule has 47 heavy (non-hydrogen) atoms. The summed E-state index contributed by atoms with van der Waals surface area (Å²) in [6.45, 7) is 0. The van der Waals surface area contributed by atoms with Gasteiger partial charge in [0.1, 0.15) is 0 Å². The van der Waals surface area contributed by atoms with Gasteiger partial charge in [0.25, 0.3) is 0 Å². The molecule has 0 fully saturated rings. The molecule has 9 rings (SSSR count). The first kappa shape index (κ1) is 27.0. The number of hydrogen-bond donors (Lipinski definition) is 1. The van der Waals surface area contributed by atoms with Crippen molar-refractivity contribution in [3.63, 3.8) is 0 Å². The molecule has 0 bridgehead atoms. The molecular formula is C42H28N4O. The highest BCUT2D eigenvalue weighted by Crippen LogP contribution is 2.45. The van der Waals surface area contributed by atoms with Gasteiger partial charge in [-0.1, -0.05) is 140 Å². The lowest BCUT2D eigenvalue weighted by molar-refractivity contribution is 0.262. The summed E-state index contributed by atoms with van der Waals surface area (Å²) >= 11 is 0. The first-order valence-corrected chi connectivity index (χ1v) is 15.7. The quantitative estimate of drug-likeness (QED) is 0.212. The maximum absolute atomic E-state index is 6.52. The van der Waals surface area contributed by atoms with Crippen LogP contribution in [0, 0.1) is 0 Å². The smallest absolute Gasteiger partial charge is 0.196 e. The van der Waals surface area contributed by atoms with Crippen LogP contribution in [0.5, 0.6) is 5.75 Å². The van der Waals surface area contributed by atoms with Gasteiger partial charge in [0.05, 0.1) is 5.69 Å². The SMILES string of the molecule is c1ccc(-c2nc(-c3ccccc3)nc(-c3ccc(-c4ccc5ccc6c(c5c4)OC(c4ccccc4)N6)c4ccccc34)n2)cc1. The Morgan fingerprint density at radius 2 is 1.00 bits per heavy atom. The second-order valence-electron chi connectivity index (χ2n) is 11.7. The van der Waals surface area contributed by atoms with E-state index in [1.54, 1.807) is 0 Å². The third-order valence-electron chi connectivity index (χ3n) is 8.77. The first-order valence-electron chi connectivity index (χ1n) is 15.7. The largest absolute Gasteiger partial charge is 0.464 e. The molecule has 1 unspecified atom stereocenters. The minimum atomic E-state index is -0.220. The predicted octanol–water partition coefficient (Wildman–Crippen LogP) is 10.3. The zero-order chi connectivity index (χ0) is 31.2. The van der Waals surface area contributed by atoms with E-state index in [0.717, 1.165) is 66.4 Å². The van der Waals surface area contributed by atoms with E-state index in [1.807, 2.05) is 78.9 Å². The fraction of sp³-hybridized carbons (Fsp3) is 0.0238. The average Bonchev–Trinajstić information content (AvgIpc) is 3.60. The van der Waals surface area contributed by atoms with Crippen molar-refractivity contribution in [3.05, 3.63) is 163 Å². The maximum atomic E-state index is 6.52. The molecular weight excluding hydrogens is 576 g/mol. The molecule has 0 spiro atoms. The van der Waals surface area contributed by atoms with E-state index in [-0.39, 0.29) is 6.23 Å². The fourth-order valence-corrected chi connectivity index (χ4v) is 6.44. The van der Waals surface area contributed by atoms with Gasteiger partial charge in [-0.05, 0) is 45.5 Å². The summed E-state index contributed by atoms with van der Waals surface area (Å²) in [7, 11) is 0. The lowest BCUT2D eigenvalue weighted by Gasteiger charge is -2.14. The van der Waals surface area contributed by atoms with Gasteiger partial charge in [-0.2, -0.15) is 0 Å². The lowest BCUT2D eigenvalue weighted by atomic mass is 9.93. The van der Waals surface area contributed by atoms with Crippen molar-refractivity contribution in [1.29, 1.82) is 0 Å². The van der Waals surface area contributed by atoms with Crippen LogP contribution in [-0.4, -0.2) is 15.0 Å². The van der Waals surface area contributed by atoms with Crippen LogP contribution in [0.3, 0.4) is 0 Å². The van der Waals surface area contributed by atoms with Gasteiger partial charge < -0.3 is 10.1 Å². The summed E-state index contributed by atoms with van der Waals surface area (Å²) in [5.74, 6) is 2.82. The van der Waals surface area contributed by atoms with Crippen molar-refractivity contribution in [2.75, 3.05) is 5.32 Å². The van der Waals surface area contributed by atoms with Crippen LogP contribution in [0.15, 0.2) is 158 Å². The minimum Gasteiger partial charge on any atom is -0.464 e. The van der Waals surface area contributed by atoms with E-state index in [2.05, 4.69) is 84.2 Å². The van der Waals surface area contributed by atoms with Crippen molar-refractivity contribution >= 4 is 27.2 Å². The van der Waals surface area contributed by atoms with Crippen molar-refractivity contribution < 1.29 is 4.74 Å². The summed E-state index contributed by atoms with van der Waals surface area (Å²) in [6, 6.07) is 54.1. The van der Waals surface area contributed by atoms with Crippen LogP contribution in [0.25, 0.3) is 66.8 Å². The van der Waals surface area contributed by atoms with Crippen LogP contribution in [0.1, 0.15) is 11.8 Å². The van der Waals surface area contributed by atoms with Gasteiger partial charge in [-0.15, -0.1) is 0 Å². The predicted molar refractivity (Wildman–Crippen MR) is 190 cm³/mol. The first-order chi connectivity index (χ1) is 23.3. The van der Waals surface area contributed by atoms with Crippen molar-refractivity contribution in [2.24, 2.45) is 0 Å². The number of ether oxygens (including phenoxy) is 1. The van der Waals surface area contributed by atoms with E-state index < -0.39 is 0 Å². The molecule has 0 saturated heterocycles. The summed E-state index contributed by atoms with van der Waals surface area (Å²) < 4.78 is 6.52. The van der Waals surface area contributed by atoms with E-state index in [1.165, 1.54) is 0 Å². The Hall–Kier alpha value is -6.33. The summed E-state index contributed by atoms with van der Waals surface area (Å²) in [4.78, 5) is 14.9. The molecule has 1 aromatic heterocycles. The number of benzene rings is 7. The van der Waals surface area contributed by atoms with Gasteiger partial charge in [-0.25, -0.2) is 15.0 Å². The number of fused-ring (bicyclic) bond motifs is 4. The third kappa shape index (κ3) is 4.86. The second kappa shape index (κ2) is 11.2. The highest BCUT2D eigenvalue weighted by atomic mass is 16.5. The molecule has 8 aromatic rings. The number of nitrogens with one attached hydrogen (secondary N) is 1. The highest BCUT2D eigenvalue weighted by molar-refractivity contribution is 6.06. The molecule has 5 heteroatoms. The topological polar surface area (TPSA) is 59.9 Å². The summed E-state index contributed by atoms with van der Waals surface area (Å²) in [5.41, 5.74) is 7.20. The molecule has 1 N–H and O–H groups in total. The van der Waals surface area contributed by atoms with Crippen LogP contribution >= 0.6 is 0 Å². The van der Waals surface area contributed by atoms with E-state index in [9.17, 15) is 0 Å². The van der Waals surface area contributed by atoms with Gasteiger partial charge in [0.15, 0.2) is 29.5 Å². The average molecular weight is 605 g/mol. The second-order valence-corrected chi connectivity index (χ2v) is 11.7. The van der Waals surface area contributed by atoms with E-state index in [0.29, 0.717) is 17.5 Å². The number of nitrogens with zero attached hydrogens (tertiary/aromatic N) is 3. The lowest BCUT2D eigenvalue weighted by Crippen LogP contribution is -2.09. The number of aromatic nitrogens is 3. The molecule has 0 aliphatic carbocycles. The molecule has 1 aliphatic heterocycles. The van der Waals surface area contributed by atoms with Gasteiger partial charge in [0, 0.05) is 27.6 Å². The van der Waals surface area contributed by atoms with Crippen LogP contribution < -0.4 is 10.1 Å². The number of hydrogen-bond acceptors (Lipinski definition) is 5. The van der Waals surface area contributed by atoms with E-state index >= 15 is 0 Å². The van der Waals surface area contributed by atoms with Gasteiger partial charge >= 0.3 is 0 Å². The summed E-state index contributed by atoms with van der Waals surface area (Å²) in [5, 5.41) is 7.97. The van der Waals surface area contributed by atoms with E-state index in [4.69, 9.17) is 19.7 Å². The molecule has 1 atom stereocenters. The molecule has 0 saturated carbocycles. The molecule has 222 valence electrons. The van der Waals surface area contributed by atoms with Crippen LogP contribution in [0.4, 0.5) is 5.69 Å². The van der Waals surface area contributed by atoms with Gasteiger partial charge in [0.2, 0.25) is 0 Å². The molecule has 1 aliphatic rings. The molecule has 2 heterocycles. The van der Waals surface area contributed by atoms with Crippen molar-refractivity contribution in [3.8, 4) is 51.0 Å². The summed E-state index contributed by atoms with van der Waals surface area (Å²) in [6.07, 6.45) is -0.220. The van der Waals surface area contributed by atoms with Crippen LogP contribution in [0.2, 0.25) is 0 Å². The van der Waals surface area contributed by atoms with Crippen LogP contribution in [-0.2, 0) is 0 Å². The van der Waals surface area contributed by atoms with Gasteiger partial charge in [-0.3, -0.25) is 0 Å². The Bertz CT molecular complexity index is 2350. The van der Waals surface area contributed by atoms with Crippen molar-refractivity contribution in [1.82, 2.24) is 15.0 Å². The molecule has 0 radical (unpaired) electrons. The third-order valence-corrected chi connectivity index (χ3v) is 8.77. The molecule has 7 aromatic carbocycles. The maximum Gasteiger partial charge on any atom is 0.196 e. The Labute approximate surface area is 272 Å². The standard InChI is InChI=1S/C42H28N4O/c1-4-12-28(13-5-1)39-44-40(29-14-6-2-7-15-29)46-41(45-39)35-24-23-32(33-18-10-11-19-34(33)35)31-21-20-27-22-25-37-38(36(27)26-31)47-42(43-37)30-16-8-3-9-17-30/h1-26,42-43H. The zero-order valence-electron chi connectivity index (χ0n) is 25.3. The minimum absolute atomic E-state index is 0.220. The highest BCUT2D eigenvalue weighted by Gasteiger charge is 2.25. The fourth-order valence-electron chi connectivity index (χ4n) is 6.44. The normalized spacial score (nSPS) is 13.7. The zero-order valence-corrected chi connectivity index (χ0v) is 25.3. The Kier molecular flexibility index (Phi) is 6.46. The Morgan fingerprint density at radius 1 is 0.447 bits per heavy atom. The molecule has 5 nitrogen and oxygen atoms in total. The Morgan fingerprint density at radius 3 is 1.68 bits per heavy atom. The van der Waals surface area contributed by atoms with Crippen molar-refractivity contribution in [2.45, 2.75) is 6.23 Å².